The lowest BCUT2D eigenvalue weighted by molar-refractivity contribution is 0.316. The molecular formula is C11H17N7O. The van der Waals surface area contributed by atoms with E-state index in [9.17, 15) is 0 Å². The largest absolute Gasteiger partial charge is 0.409 e. The van der Waals surface area contributed by atoms with Gasteiger partial charge in [-0.1, -0.05) is 5.16 Å². The highest BCUT2D eigenvalue weighted by molar-refractivity contribution is 5.80. The molecule has 19 heavy (non-hydrogen) atoms. The third kappa shape index (κ3) is 2.42. The lowest BCUT2D eigenvalue weighted by Crippen LogP contribution is -2.34. The van der Waals surface area contributed by atoms with Gasteiger partial charge in [-0.15, -0.1) is 10.2 Å². The van der Waals surface area contributed by atoms with E-state index in [0.29, 0.717) is 17.9 Å². The molecule has 2 aromatic rings. The second kappa shape index (κ2) is 5.09. The molecule has 0 aliphatic rings. The Kier molecular flexibility index (Phi) is 3.50. The van der Waals surface area contributed by atoms with Crippen LogP contribution < -0.4 is 10.6 Å². The van der Waals surface area contributed by atoms with Crippen LogP contribution in [-0.4, -0.2) is 43.7 Å². The predicted octanol–water partition coefficient (Wildman–Crippen LogP) is 0.394. The first-order valence-corrected chi connectivity index (χ1v) is 5.90. The van der Waals surface area contributed by atoms with Gasteiger partial charge >= 0.3 is 0 Å². The van der Waals surface area contributed by atoms with Crippen molar-refractivity contribution in [2.24, 2.45) is 10.9 Å². The summed E-state index contributed by atoms with van der Waals surface area (Å²) in [7, 11) is 1.89. The van der Waals surface area contributed by atoms with E-state index in [1.165, 1.54) is 0 Å². The highest BCUT2D eigenvalue weighted by Gasteiger charge is 2.17. The summed E-state index contributed by atoms with van der Waals surface area (Å²) in [5.74, 6) is 1.70. The maximum absolute atomic E-state index is 8.61. The van der Waals surface area contributed by atoms with Gasteiger partial charge in [-0.25, -0.2) is 4.98 Å². The molecule has 0 radical (unpaired) electrons. The molecule has 8 heteroatoms. The number of hydrogen-bond donors (Lipinski definition) is 2. The fraction of sp³-hybridized carbons (Fsp3) is 0.455. The van der Waals surface area contributed by atoms with Crippen LogP contribution in [0, 0.1) is 6.92 Å². The molecule has 0 aromatic carbocycles. The zero-order chi connectivity index (χ0) is 14.0. The second-order valence-corrected chi connectivity index (χ2v) is 4.45. The van der Waals surface area contributed by atoms with E-state index in [0.717, 1.165) is 5.82 Å². The average Bonchev–Trinajstić information content (AvgIpc) is 2.79. The summed E-state index contributed by atoms with van der Waals surface area (Å²) in [4.78, 5) is 6.27. The summed E-state index contributed by atoms with van der Waals surface area (Å²) in [6.45, 7) is 3.84. The van der Waals surface area contributed by atoms with E-state index in [1.807, 2.05) is 36.4 Å². The molecule has 2 rings (SSSR count). The van der Waals surface area contributed by atoms with E-state index in [2.05, 4.69) is 20.3 Å². The van der Waals surface area contributed by atoms with Crippen LogP contribution in [0.4, 0.5) is 5.82 Å². The van der Waals surface area contributed by atoms with Gasteiger partial charge in [0, 0.05) is 31.9 Å². The number of fused-ring (bicyclic) bond motifs is 1. The average molecular weight is 263 g/mol. The molecule has 0 saturated heterocycles. The van der Waals surface area contributed by atoms with Gasteiger partial charge in [0.1, 0.15) is 11.7 Å². The van der Waals surface area contributed by atoms with Crippen molar-refractivity contribution in [2.45, 2.75) is 26.3 Å². The van der Waals surface area contributed by atoms with E-state index in [1.54, 1.807) is 6.20 Å². The first-order valence-electron chi connectivity index (χ1n) is 5.90. The zero-order valence-electron chi connectivity index (χ0n) is 11.1. The van der Waals surface area contributed by atoms with Gasteiger partial charge in [0.2, 0.25) is 5.65 Å². The summed E-state index contributed by atoms with van der Waals surface area (Å²) < 4.78 is 1.87. The van der Waals surface area contributed by atoms with E-state index >= 15 is 0 Å². The van der Waals surface area contributed by atoms with Gasteiger partial charge in [0.15, 0.2) is 5.82 Å². The van der Waals surface area contributed by atoms with Crippen LogP contribution in [0.5, 0.6) is 0 Å². The van der Waals surface area contributed by atoms with Crippen LogP contribution in [0.2, 0.25) is 0 Å². The van der Waals surface area contributed by atoms with Crippen molar-refractivity contribution in [2.75, 3.05) is 11.9 Å². The molecule has 0 aliphatic heterocycles. The first-order chi connectivity index (χ1) is 9.04. The third-order valence-electron chi connectivity index (χ3n) is 3.11. The number of hydrogen-bond acceptors (Lipinski definition) is 6. The van der Waals surface area contributed by atoms with Crippen molar-refractivity contribution in [3.8, 4) is 0 Å². The summed E-state index contributed by atoms with van der Waals surface area (Å²) in [5, 5.41) is 19.8. The fourth-order valence-electron chi connectivity index (χ4n) is 1.87. The third-order valence-corrected chi connectivity index (χ3v) is 3.11. The van der Waals surface area contributed by atoms with Crippen molar-refractivity contribution >= 4 is 17.3 Å². The van der Waals surface area contributed by atoms with E-state index in [4.69, 9.17) is 10.9 Å². The van der Waals surface area contributed by atoms with Crippen molar-refractivity contribution in [3.05, 3.63) is 18.2 Å². The molecule has 3 N–H and O–H groups in total. The Labute approximate surface area is 110 Å². The van der Waals surface area contributed by atoms with Crippen molar-refractivity contribution < 1.29 is 5.21 Å². The molecule has 0 saturated carbocycles. The standard InChI is InChI=1S/C11H17N7O/c1-7(6-9(12)16-19)17(3)10-11-15-14-8(2)18(11)5-4-13-10/h4-5,7,19H,6H2,1-3H3,(H2,12,16). The summed E-state index contributed by atoms with van der Waals surface area (Å²) in [6.07, 6.45) is 3.95. The van der Waals surface area contributed by atoms with E-state index < -0.39 is 0 Å². The Balaban J connectivity index is 2.33. The Morgan fingerprint density at radius 3 is 3.00 bits per heavy atom. The highest BCUT2D eigenvalue weighted by Crippen LogP contribution is 2.19. The number of aromatic nitrogens is 4. The zero-order valence-corrected chi connectivity index (χ0v) is 11.1. The Morgan fingerprint density at radius 2 is 2.32 bits per heavy atom. The molecule has 0 aliphatic carbocycles. The van der Waals surface area contributed by atoms with Gasteiger partial charge in [-0.3, -0.25) is 4.40 Å². The van der Waals surface area contributed by atoms with Gasteiger partial charge in [0.05, 0.1) is 0 Å². The summed E-state index contributed by atoms with van der Waals surface area (Å²) in [6, 6.07) is 0.0200. The molecule has 0 amide bonds. The van der Waals surface area contributed by atoms with Crippen LogP contribution >= 0.6 is 0 Å². The highest BCUT2D eigenvalue weighted by atomic mass is 16.4. The minimum Gasteiger partial charge on any atom is -0.409 e. The number of anilines is 1. The van der Waals surface area contributed by atoms with Gasteiger partial charge in [0.25, 0.3) is 0 Å². The predicted molar refractivity (Wildman–Crippen MR) is 71.4 cm³/mol. The molecule has 102 valence electrons. The topological polar surface area (TPSA) is 105 Å². The van der Waals surface area contributed by atoms with Crippen molar-refractivity contribution in [1.82, 2.24) is 19.6 Å². The van der Waals surface area contributed by atoms with Gasteiger partial charge < -0.3 is 15.8 Å². The fourth-order valence-corrected chi connectivity index (χ4v) is 1.87. The van der Waals surface area contributed by atoms with E-state index in [-0.39, 0.29) is 11.9 Å². The lowest BCUT2D eigenvalue weighted by Gasteiger charge is -2.25. The Hall–Kier alpha value is -2.38. The molecule has 0 spiro atoms. The minimum absolute atomic E-state index is 0.0200. The molecule has 1 atom stereocenters. The number of aryl methyl sites for hydroxylation is 1. The Bertz CT molecular complexity index is 606. The molecule has 2 heterocycles. The number of nitrogens with zero attached hydrogens (tertiary/aromatic N) is 6. The second-order valence-electron chi connectivity index (χ2n) is 4.45. The number of nitrogens with two attached hydrogens (primary N) is 1. The van der Waals surface area contributed by atoms with Gasteiger partial charge in [-0.2, -0.15) is 0 Å². The minimum atomic E-state index is 0.0200. The quantitative estimate of drug-likeness (QED) is 0.358. The normalized spacial score (nSPS) is 13.7. The number of oxime groups is 1. The van der Waals surface area contributed by atoms with Crippen LogP contribution in [0.25, 0.3) is 5.65 Å². The molecule has 8 nitrogen and oxygen atoms in total. The van der Waals surface area contributed by atoms with Crippen LogP contribution in [0.1, 0.15) is 19.2 Å². The Morgan fingerprint density at radius 1 is 1.58 bits per heavy atom. The maximum atomic E-state index is 8.61. The van der Waals surface area contributed by atoms with Crippen LogP contribution in [-0.2, 0) is 0 Å². The van der Waals surface area contributed by atoms with Crippen molar-refractivity contribution in [3.63, 3.8) is 0 Å². The van der Waals surface area contributed by atoms with Crippen LogP contribution in [0.15, 0.2) is 17.5 Å². The molecular weight excluding hydrogens is 246 g/mol. The lowest BCUT2D eigenvalue weighted by atomic mass is 10.2. The van der Waals surface area contributed by atoms with Gasteiger partial charge in [-0.05, 0) is 13.8 Å². The molecule has 2 aromatic heterocycles. The van der Waals surface area contributed by atoms with Crippen molar-refractivity contribution in [1.29, 1.82) is 0 Å². The van der Waals surface area contributed by atoms with Crippen LogP contribution in [0.3, 0.4) is 0 Å². The monoisotopic (exact) mass is 263 g/mol. The molecule has 0 bridgehead atoms. The number of rotatable bonds is 4. The maximum Gasteiger partial charge on any atom is 0.203 e. The SMILES string of the molecule is Cc1nnc2c(N(C)C(C)CC(N)=NO)nccn12. The smallest absolute Gasteiger partial charge is 0.203 e. The molecule has 0 fully saturated rings. The summed E-state index contributed by atoms with van der Waals surface area (Å²) in [5.41, 5.74) is 6.22. The summed E-state index contributed by atoms with van der Waals surface area (Å²) >= 11 is 0. The molecule has 1 unspecified atom stereocenters. The first kappa shape index (κ1) is 13.1. The number of amidine groups is 1.